The summed E-state index contributed by atoms with van der Waals surface area (Å²) in [4.78, 5) is 4.26. The van der Waals surface area contributed by atoms with Gasteiger partial charge in [0.2, 0.25) is 6.79 Å². The van der Waals surface area contributed by atoms with Crippen molar-refractivity contribution in [3.05, 3.63) is 22.2 Å². The number of ether oxygens (including phenoxy) is 4. The second-order valence-electron chi connectivity index (χ2n) is 6.65. The van der Waals surface area contributed by atoms with E-state index < -0.39 is 0 Å². The summed E-state index contributed by atoms with van der Waals surface area (Å²) in [6, 6.07) is 4.01. The third-order valence-electron chi connectivity index (χ3n) is 4.62. The minimum absolute atomic E-state index is 0. The molecule has 0 saturated carbocycles. The fraction of sp³-hybridized carbons (Fsp3) is 0.632. The van der Waals surface area contributed by atoms with Crippen molar-refractivity contribution in [1.82, 2.24) is 10.6 Å². The van der Waals surface area contributed by atoms with E-state index in [9.17, 15) is 0 Å². The number of aliphatic imine (C=N–C) groups is 1. The predicted octanol–water partition coefficient (Wildman–Crippen LogP) is 3.29. The standard InChI is InChI=1S/C19H28BrN3O4.HI/c1-21-19(22-5-2-6-25-12-14-3-7-24-8-4-14)23-11-15-9-16(20)18-17(10-15)26-13-27-18;/h9-10,14H,2-8,11-13H2,1H3,(H2,21,22,23);1H. The van der Waals surface area contributed by atoms with Crippen molar-refractivity contribution in [2.75, 3.05) is 46.8 Å². The summed E-state index contributed by atoms with van der Waals surface area (Å²) in [5, 5.41) is 6.63. The van der Waals surface area contributed by atoms with Crippen molar-refractivity contribution in [1.29, 1.82) is 0 Å². The van der Waals surface area contributed by atoms with Gasteiger partial charge in [-0.3, -0.25) is 4.99 Å². The number of nitrogens with zero attached hydrogens (tertiary/aromatic N) is 1. The van der Waals surface area contributed by atoms with Gasteiger partial charge in [0, 0.05) is 46.6 Å². The molecule has 1 aromatic rings. The van der Waals surface area contributed by atoms with Crippen LogP contribution in [0.15, 0.2) is 21.6 Å². The van der Waals surface area contributed by atoms with E-state index in [4.69, 9.17) is 18.9 Å². The molecular formula is C19H29BrIN3O4. The summed E-state index contributed by atoms with van der Waals surface area (Å²) in [6.07, 6.45) is 3.18. The minimum Gasteiger partial charge on any atom is -0.454 e. The highest BCUT2D eigenvalue weighted by atomic mass is 127. The molecule has 7 nitrogen and oxygen atoms in total. The van der Waals surface area contributed by atoms with Gasteiger partial charge in [0.25, 0.3) is 0 Å². The monoisotopic (exact) mass is 569 g/mol. The quantitative estimate of drug-likeness (QED) is 0.217. The Bertz CT molecular complexity index is 642. The molecule has 2 heterocycles. The molecule has 2 N–H and O–H groups in total. The van der Waals surface area contributed by atoms with Crippen LogP contribution in [0.2, 0.25) is 0 Å². The van der Waals surface area contributed by atoms with E-state index in [1.807, 2.05) is 12.1 Å². The maximum absolute atomic E-state index is 5.79. The second kappa shape index (κ2) is 12.7. The van der Waals surface area contributed by atoms with Crippen LogP contribution in [0, 0.1) is 5.92 Å². The molecule has 0 atom stereocenters. The molecule has 0 radical (unpaired) electrons. The number of benzene rings is 1. The number of guanidine groups is 1. The third-order valence-corrected chi connectivity index (χ3v) is 5.21. The Labute approximate surface area is 192 Å². The van der Waals surface area contributed by atoms with Crippen LogP contribution in [0.1, 0.15) is 24.8 Å². The zero-order valence-electron chi connectivity index (χ0n) is 16.2. The third kappa shape index (κ3) is 7.23. The summed E-state index contributed by atoms with van der Waals surface area (Å²) in [5.41, 5.74) is 1.09. The molecule has 0 aromatic heterocycles. The lowest BCUT2D eigenvalue weighted by Gasteiger charge is -2.21. The Morgan fingerprint density at radius 2 is 2.07 bits per heavy atom. The number of hydrogen-bond acceptors (Lipinski definition) is 5. The maximum Gasteiger partial charge on any atom is 0.231 e. The Kier molecular flexibility index (Phi) is 10.7. The second-order valence-corrected chi connectivity index (χ2v) is 7.50. The van der Waals surface area contributed by atoms with Crippen LogP contribution in [0.25, 0.3) is 0 Å². The van der Waals surface area contributed by atoms with E-state index in [0.29, 0.717) is 12.5 Å². The van der Waals surface area contributed by atoms with Gasteiger partial charge in [-0.1, -0.05) is 0 Å². The summed E-state index contributed by atoms with van der Waals surface area (Å²) >= 11 is 3.52. The van der Waals surface area contributed by atoms with Crippen LogP contribution in [-0.4, -0.2) is 52.8 Å². The van der Waals surface area contributed by atoms with Gasteiger partial charge in [-0.05, 0) is 58.8 Å². The predicted molar refractivity (Wildman–Crippen MR) is 123 cm³/mol. The van der Waals surface area contributed by atoms with E-state index in [-0.39, 0.29) is 30.8 Å². The highest BCUT2D eigenvalue weighted by molar-refractivity contribution is 14.0. The number of nitrogens with one attached hydrogen (secondary N) is 2. The number of fused-ring (bicyclic) bond motifs is 1. The van der Waals surface area contributed by atoms with Gasteiger partial charge in [-0.25, -0.2) is 0 Å². The van der Waals surface area contributed by atoms with Crippen LogP contribution in [-0.2, 0) is 16.0 Å². The van der Waals surface area contributed by atoms with Gasteiger partial charge in [0.15, 0.2) is 17.5 Å². The lowest BCUT2D eigenvalue weighted by Crippen LogP contribution is -2.37. The van der Waals surface area contributed by atoms with Gasteiger partial charge >= 0.3 is 0 Å². The Morgan fingerprint density at radius 3 is 2.86 bits per heavy atom. The zero-order chi connectivity index (χ0) is 18.9. The molecule has 2 aliphatic heterocycles. The molecule has 0 bridgehead atoms. The molecule has 0 aliphatic carbocycles. The number of rotatable bonds is 8. The molecule has 2 aliphatic rings. The van der Waals surface area contributed by atoms with E-state index in [2.05, 4.69) is 31.6 Å². The van der Waals surface area contributed by atoms with Crippen LogP contribution in [0.5, 0.6) is 11.5 Å². The molecule has 0 spiro atoms. The molecule has 0 amide bonds. The molecule has 9 heteroatoms. The molecule has 158 valence electrons. The molecule has 28 heavy (non-hydrogen) atoms. The Balaban J connectivity index is 0.00000280. The van der Waals surface area contributed by atoms with Crippen molar-refractivity contribution in [3.8, 4) is 11.5 Å². The Morgan fingerprint density at radius 1 is 1.25 bits per heavy atom. The topological polar surface area (TPSA) is 73.3 Å². The first-order valence-electron chi connectivity index (χ1n) is 9.44. The summed E-state index contributed by atoms with van der Waals surface area (Å²) < 4.78 is 22.9. The van der Waals surface area contributed by atoms with Gasteiger partial charge in [0.1, 0.15) is 0 Å². The highest BCUT2D eigenvalue weighted by Gasteiger charge is 2.18. The lowest BCUT2D eigenvalue weighted by molar-refractivity contribution is 0.0203. The first-order valence-corrected chi connectivity index (χ1v) is 10.2. The lowest BCUT2D eigenvalue weighted by atomic mass is 10.0. The van der Waals surface area contributed by atoms with Crippen LogP contribution in [0.4, 0.5) is 0 Å². The smallest absolute Gasteiger partial charge is 0.231 e. The van der Waals surface area contributed by atoms with Crippen LogP contribution < -0.4 is 20.1 Å². The first-order chi connectivity index (χ1) is 13.3. The average Bonchev–Trinajstić information content (AvgIpc) is 3.17. The average molecular weight is 570 g/mol. The fourth-order valence-corrected chi connectivity index (χ4v) is 3.68. The first kappa shape index (κ1) is 23.5. The number of halogens is 2. The van der Waals surface area contributed by atoms with Gasteiger partial charge in [-0.15, -0.1) is 24.0 Å². The van der Waals surface area contributed by atoms with Crippen molar-refractivity contribution in [2.24, 2.45) is 10.9 Å². The minimum atomic E-state index is 0. The van der Waals surface area contributed by atoms with Crippen molar-refractivity contribution in [3.63, 3.8) is 0 Å². The molecule has 1 aromatic carbocycles. The van der Waals surface area contributed by atoms with E-state index >= 15 is 0 Å². The molecule has 3 rings (SSSR count). The van der Waals surface area contributed by atoms with Crippen molar-refractivity contribution < 1.29 is 18.9 Å². The molecule has 0 unspecified atom stereocenters. The molecular weight excluding hydrogens is 541 g/mol. The van der Waals surface area contributed by atoms with Crippen LogP contribution in [0.3, 0.4) is 0 Å². The molecule has 1 fully saturated rings. The maximum atomic E-state index is 5.79. The molecule has 1 saturated heterocycles. The van der Waals surface area contributed by atoms with Gasteiger partial charge in [0.05, 0.1) is 4.47 Å². The van der Waals surface area contributed by atoms with Crippen LogP contribution >= 0.6 is 39.9 Å². The summed E-state index contributed by atoms with van der Waals surface area (Å²) in [6.45, 7) is 5.08. The Hall–Kier alpha value is -0.780. The van der Waals surface area contributed by atoms with E-state index in [1.165, 1.54) is 0 Å². The van der Waals surface area contributed by atoms with Gasteiger partial charge < -0.3 is 29.6 Å². The highest BCUT2D eigenvalue weighted by Crippen LogP contribution is 2.39. The summed E-state index contributed by atoms with van der Waals surface area (Å²) in [5.74, 6) is 2.96. The van der Waals surface area contributed by atoms with Crippen molar-refractivity contribution >= 4 is 45.9 Å². The number of hydrogen-bond donors (Lipinski definition) is 2. The fourth-order valence-electron chi connectivity index (χ4n) is 3.07. The van der Waals surface area contributed by atoms with E-state index in [1.54, 1.807) is 7.05 Å². The zero-order valence-corrected chi connectivity index (χ0v) is 20.1. The largest absolute Gasteiger partial charge is 0.454 e. The summed E-state index contributed by atoms with van der Waals surface area (Å²) in [7, 11) is 1.77. The van der Waals surface area contributed by atoms with Gasteiger partial charge in [-0.2, -0.15) is 0 Å². The normalized spacial score (nSPS) is 16.6. The van der Waals surface area contributed by atoms with Crippen molar-refractivity contribution in [2.45, 2.75) is 25.8 Å². The SMILES string of the molecule is CN=C(NCCCOCC1CCOCC1)NCc1cc(Br)c2c(c1)OCO2.I. The van der Waals surface area contributed by atoms with E-state index in [0.717, 1.165) is 79.7 Å².